The molecule has 6 nitrogen and oxygen atoms in total. The molecule has 3 aliphatic rings. The Labute approximate surface area is 155 Å². The zero-order valence-corrected chi connectivity index (χ0v) is 15.3. The molecule has 0 radical (unpaired) electrons. The number of nitrogens with zero attached hydrogens (tertiary/aromatic N) is 1. The molecule has 4 unspecified atom stereocenters. The number of hydrogen-bond acceptors (Lipinski definition) is 5. The summed E-state index contributed by atoms with van der Waals surface area (Å²) < 4.78 is 6.03. The van der Waals surface area contributed by atoms with E-state index < -0.39 is 0 Å². The third-order valence-electron chi connectivity index (χ3n) is 5.91. The number of aryl methyl sites for hydroxylation is 1. The van der Waals surface area contributed by atoms with Crippen LogP contribution in [0.5, 0.6) is 0 Å². The van der Waals surface area contributed by atoms with Gasteiger partial charge in [0, 0.05) is 38.2 Å². The number of hydrogen-bond donors (Lipinski definition) is 3. The van der Waals surface area contributed by atoms with E-state index in [9.17, 15) is 4.79 Å². The number of carbonyl (C=O) groups is 1. The average Bonchev–Trinajstić information content (AvgIpc) is 3.33. The van der Waals surface area contributed by atoms with Crippen molar-refractivity contribution in [3.05, 3.63) is 35.9 Å². The van der Waals surface area contributed by atoms with Gasteiger partial charge in [-0.15, -0.1) is 0 Å². The Morgan fingerprint density at radius 3 is 2.96 bits per heavy atom. The first-order chi connectivity index (χ1) is 12.8. The first kappa shape index (κ1) is 17.9. The third-order valence-corrected chi connectivity index (χ3v) is 5.91. The van der Waals surface area contributed by atoms with Crippen molar-refractivity contribution in [2.45, 2.75) is 43.9 Å². The lowest BCUT2D eigenvalue weighted by atomic mass is 9.89. The topological polar surface area (TPSA) is 65.6 Å². The van der Waals surface area contributed by atoms with Gasteiger partial charge < -0.3 is 15.0 Å². The fraction of sp³-hybridized carbons (Fsp3) is 0.650. The molecule has 3 fully saturated rings. The highest BCUT2D eigenvalue weighted by molar-refractivity contribution is 5.83. The minimum absolute atomic E-state index is 0.107. The maximum absolute atomic E-state index is 12.9. The molecule has 26 heavy (non-hydrogen) atoms. The summed E-state index contributed by atoms with van der Waals surface area (Å²) in [7, 11) is 0. The molecule has 3 saturated heterocycles. The maximum Gasteiger partial charge on any atom is 0.241 e. The van der Waals surface area contributed by atoms with Gasteiger partial charge in [0.25, 0.3) is 0 Å². The smallest absolute Gasteiger partial charge is 0.241 e. The van der Waals surface area contributed by atoms with Crippen molar-refractivity contribution in [3.8, 4) is 0 Å². The molecule has 4 rings (SSSR count). The van der Waals surface area contributed by atoms with Crippen LogP contribution in [0.4, 0.5) is 0 Å². The van der Waals surface area contributed by atoms with E-state index in [1.807, 2.05) is 11.0 Å². The van der Waals surface area contributed by atoms with E-state index in [-0.39, 0.29) is 18.1 Å². The number of likely N-dealkylation sites (tertiary alicyclic amines) is 1. The molecule has 4 atom stereocenters. The second kappa shape index (κ2) is 8.48. The Morgan fingerprint density at radius 1 is 1.19 bits per heavy atom. The molecule has 1 aromatic carbocycles. The number of piperidine rings is 1. The van der Waals surface area contributed by atoms with Crippen LogP contribution in [0.3, 0.4) is 0 Å². The summed E-state index contributed by atoms with van der Waals surface area (Å²) in [6.45, 7) is 4.24. The van der Waals surface area contributed by atoms with Gasteiger partial charge in [-0.1, -0.05) is 30.3 Å². The molecular weight excluding hydrogens is 328 g/mol. The van der Waals surface area contributed by atoms with Crippen molar-refractivity contribution in [2.24, 2.45) is 5.92 Å². The molecule has 0 spiro atoms. The van der Waals surface area contributed by atoms with Crippen LogP contribution in [0, 0.1) is 5.92 Å². The summed E-state index contributed by atoms with van der Waals surface area (Å²) in [5, 5.41) is 3.41. The minimum atomic E-state index is -0.107. The fourth-order valence-corrected chi connectivity index (χ4v) is 4.39. The van der Waals surface area contributed by atoms with E-state index in [4.69, 9.17) is 4.74 Å². The largest absolute Gasteiger partial charge is 0.376 e. The third kappa shape index (κ3) is 4.09. The monoisotopic (exact) mass is 358 g/mol. The number of fused-ring (bicyclic) bond motifs is 1. The number of benzene rings is 1. The van der Waals surface area contributed by atoms with Crippen LogP contribution in [0.1, 0.15) is 24.8 Å². The predicted molar refractivity (Wildman–Crippen MR) is 101 cm³/mol. The Kier molecular flexibility index (Phi) is 5.84. The zero-order valence-electron chi connectivity index (χ0n) is 15.3. The molecule has 0 bridgehead atoms. The minimum Gasteiger partial charge on any atom is -0.376 e. The number of amides is 1. The van der Waals surface area contributed by atoms with Gasteiger partial charge in [0.1, 0.15) is 6.04 Å². The molecule has 0 aromatic heterocycles. The summed E-state index contributed by atoms with van der Waals surface area (Å²) in [6, 6.07) is 10.8. The van der Waals surface area contributed by atoms with Crippen molar-refractivity contribution >= 4 is 5.91 Å². The number of carbonyl (C=O) groups excluding carboxylic acids is 1. The second-order valence-corrected chi connectivity index (χ2v) is 7.68. The molecule has 0 aliphatic carbocycles. The summed E-state index contributed by atoms with van der Waals surface area (Å²) in [5.41, 5.74) is 7.91. The van der Waals surface area contributed by atoms with E-state index in [0.717, 1.165) is 58.5 Å². The summed E-state index contributed by atoms with van der Waals surface area (Å²) in [4.78, 5) is 14.9. The van der Waals surface area contributed by atoms with Crippen molar-refractivity contribution in [2.75, 3.05) is 32.8 Å². The lowest BCUT2D eigenvalue weighted by Gasteiger charge is -2.29. The summed E-state index contributed by atoms with van der Waals surface area (Å²) in [5.74, 6) is 0.575. The Morgan fingerprint density at radius 2 is 2.08 bits per heavy atom. The standard InChI is InChI=1S/C20H30N4O2/c25-20(19-17-13-21-10-8-18(17)22-23-19)24-11-9-16(14-24)26-12-4-7-15-5-2-1-3-6-15/h1-3,5-6,16-19,21-23H,4,7-14H2. The van der Waals surface area contributed by atoms with Gasteiger partial charge in [-0.3, -0.25) is 10.2 Å². The van der Waals surface area contributed by atoms with Crippen LogP contribution < -0.4 is 16.2 Å². The maximum atomic E-state index is 12.9. The van der Waals surface area contributed by atoms with Crippen molar-refractivity contribution in [3.63, 3.8) is 0 Å². The highest BCUT2D eigenvalue weighted by atomic mass is 16.5. The van der Waals surface area contributed by atoms with E-state index in [1.165, 1.54) is 5.56 Å². The molecular formula is C20H30N4O2. The van der Waals surface area contributed by atoms with Gasteiger partial charge in [-0.05, 0) is 37.8 Å². The first-order valence-corrected chi connectivity index (χ1v) is 9.97. The lowest BCUT2D eigenvalue weighted by Crippen LogP contribution is -2.50. The van der Waals surface area contributed by atoms with Crippen LogP contribution >= 0.6 is 0 Å². The molecule has 3 heterocycles. The Bertz CT molecular complexity index is 597. The average molecular weight is 358 g/mol. The van der Waals surface area contributed by atoms with Crippen LogP contribution in [-0.2, 0) is 16.0 Å². The van der Waals surface area contributed by atoms with Gasteiger partial charge in [-0.2, -0.15) is 0 Å². The fourth-order valence-electron chi connectivity index (χ4n) is 4.39. The number of nitrogens with one attached hydrogen (secondary N) is 3. The summed E-state index contributed by atoms with van der Waals surface area (Å²) in [6.07, 6.45) is 4.28. The van der Waals surface area contributed by atoms with Crippen LogP contribution in [-0.4, -0.2) is 61.8 Å². The van der Waals surface area contributed by atoms with Gasteiger partial charge in [0.05, 0.1) is 6.10 Å². The van der Waals surface area contributed by atoms with E-state index >= 15 is 0 Å². The van der Waals surface area contributed by atoms with E-state index in [0.29, 0.717) is 12.0 Å². The highest BCUT2D eigenvalue weighted by Crippen LogP contribution is 2.23. The normalized spacial score (nSPS) is 31.2. The zero-order chi connectivity index (χ0) is 17.8. The Balaban J connectivity index is 1.19. The van der Waals surface area contributed by atoms with Gasteiger partial charge in [0.2, 0.25) is 5.91 Å². The van der Waals surface area contributed by atoms with Crippen LogP contribution in [0.25, 0.3) is 0 Å². The molecule has 1 amide bonds. The second-order valence-electron chi connectivity index (χ2n) is 7.68. The SMILES string of the molecule is O=C(C1NNC2CCNCC21)N1CCC(OCCCc2ccccc2)C1. The van der Waals surface area contributed by atoms with E-state index in [1.54, 1.807) is 0 Å². The Hall–Kier alpha value is -1.47. The molecule has 1 aromatic rings. The number of rotatable bonds is 6. The van der Waals surface area contributed by atoms with Crippen molar-refractivity contribution < 1.29 is 9.53 Å². The first-order valence-electron chi connectivity index (χ1n) is 9.97. The van der Waals surface area contributed by atoms with Gasteiger partial charge >= 0.3 is 0 Å². The molecule has 3 N–H and O–H groups in total. The van der Waals surface area contributed by atoms with Gasteiger partial charge in [-0.25, -0.2) is 5.43 Å². The molecule has 0 saturated carbocycles. The molecule has 6 heteroatoms. The molecule has 3 aliphatic heterocycles. The number of ether oxygens (including phenoxy) is 1. The number of hydrazine groups is 1. The highest BCUT2D eigenvalue weighted by Gasteiger charge is 2.43. The van der Waals surface area contributed by atoms with Gasteiger partial charge in [0.15, 0.2) is 0 Å². The van der Waals surface area contributed by atoms with E-state index in [2.05, 4.69) is 40.4 Å². The van der Waals surface area contributed by atoms with Crippen molar-refractivity contribution in [1.29, 1.82) is 0 Å². The summed E-state index contributed by atoms with van der Waals surface area (Å²) >= 11 is 0. The van der Waals surface area contributed by atoms with Crippen LogP contribution in [0.15, 0.2) is 30.3 Å². The quantitative estimate of drug-likeness (QED) is 0.653. The van der Waals surface area contributed by atoms with Crippen molar-refractivity contribution in [1.82, 2.24) is 21.1 Å². The van der Waals surface area contributed by atoms with Crippen LogP contribution in [0.2, 0.25) is 0 Å². The predicted octanol–water partition coefficient (Wildman–Crippen LogP) is 0.691. The molecule has 142 valence electrons. The lowest BCUT2D eigenvalue weighted by molar-refractivity contribution is -0.133.